The van der Waals surface area contributed by atoms with Gasteiger partial charge in [0.1, 0.15) is 0 Å². The fourth-order valence-corrected chi connectivity index (χ4v) is 16.8. The number of hydrogen-bond acceptors (Lipinski definition) is 4. The van der Waals surface area contributed by atoms with Gasteiger partial charge in [0.15, 0.2) is 0 Å². The molecular formula is C52H96O4Sn. The second kappa shape index (κ2) is 45.8. The van der Waals surface area contributed by atoms with E-state index < -0.39 is 19.2 Å². The molecule has 0 aliphatic carbocycles. The summed E-state index contributed by atoms with van der Waals surface area (Å²) < 4.78 is 14.7. The Balaban J connectivity index is 4.91. The van der Waals surface area contributed by atoms with E-state index in [1.807, 2.05) is 0 Å². The zero-order valence-corrected chi connectivity index (χ0v) is 41.5. The molecule has 0 aromatic rings. The molecule has 0 aromatic carbocycles. The van der Waals surface area contributed by atoms with E-state index in [4.69, 9.17) is 6.15 Å². The molecule has 0 aromatic heterocycles. The second-order valence-electron chi connectivity index (χ2n) is 16.9. The molecule has 0 saturated carbocycles. The van der Waals surface area contributed by atoms with Crippen molar-refractivity contribution in [3.05, 3.63) is 48.6 Å². The molecule has 0 aliphatic heterocycles. The average molecular weight is 904 g/mol. The van der Waals surface area contributed by atoms with Gasteiger partial charge in [-0.2, -0.15) is 0 Å². The molecule has 0 N–H and O–H groups in total. The summed E-state index contributed by atoms with van der Waals surface area (Å²) >= 11 is -3.97. The van der Waals surface area contributed by atoms with Crippen molar-refractivity contribution >= 4 is 31.1 Å². The standard InChI is InChI=1S/2C18H32O2.2C8H17.Sn/c2*1-2-3-4-5-6-7-8-9-10-11-12-13-14-15-16-17-18(19)20;2*1-3-5-7-8-6-4-2;/h2*6-7,9-10H,2-5,8,11-17H2,1H3,(H,19,20);2*1,3-8H2,2H3;/q;;;;+2/p-2/b7-6+,10-9+;7-6-,10-9-;;;. The molecule has 0 spiro atoms. The van der Waals surface area contributed by atoms with Gasteiger partial charge in [0.05, 0.1) is 0 Å². The van der Waals surface area contributed by atoms with Crippen molar-refractivity contribution in [3.8, 4) is 0 Å². The molecule has 0 rings (SSSR count). The van der Waals surface area contributed by atoms with Crippen LogP contribution < -0.4 is 0 Å². The Bertz CT molecular complexity index is 905. The van der Waals surface area contributed by atoms with Gasteiger partial charge in [-0.1, -0.05) is 63.8 Å². The number of rotatable bonds is 44. The van der Waals surface area contributed by atoms with Crippen LogP contribution in [0.15, 0.2) is 48.6 Å². The number of allylic oxidation sites excluding steroid dienone is 8. The first-order valence-corrected chi connectivity index (χ1v) is 31.4. The average Bonchev–Trinajstić information content (AvgIpc) is 3.20. The molecule has 0 radical (unpaired) electrons. The summed E-state index contributed by atoms with van der Waals surface area (Å²) in [6.07, 6.45) is 59.3. The predicted octanol–water partition coefficient (Wildman–Crippen LogP) is 17.9. The quantitative estimate of drug-likeness (QED) is 0.0347. The van der Waals surface area contributed by atoms with Gasteiger partial charge in [-0.05, 0) is 25.7 Å². The Morgan fingerprint density at radius 3 is 0.947 bits per heavy atom. The Kier molecular flexibility index (Phi) is 44.7. The van der Waals surface area contributed by atoms with E-state index in [0.29, 0.717) is 12.8 Å². The summed E-state index contributed by atoms with van der Waals surface area (Å²) in [6, 6.07) is 0. The summed E-state index contributed by atoms with van der Waals surface area (Å²) in [6.45, 7) is 9.01. The maximum absolute atomic E-state index is 13.4. The Hall–Kier alpha value is -1.30. The first-order valence-electron chi connectivity index (χ1n) is 25.1. The molecule has 0 fully saturated rings. The zero-order chi connectivity index (χ0) is 41.6. The minimum absolute atomic E-state index is 0.0988. The van der Waals surface area contributed by atoms with Crippen molar-refractivity contribution in [2.24, 2.45) is 0 Å². The van der Waals surface area contributed by atoms with Crippen molar-refractivity contribution in [2.75, 3.05) is 0 Å². The molecule has 332 valence electrons. The topological polar surface area (TPSA) is 52.6 Å². The first-order chi connectivity index (χ1) is 28.0. The molecule has 57 heavy (non-hydrogen) atoms. The van der Waals surface area contributed by atoms with E-state index >= 15 is 0 Å². The molecule has 0 amide bonds. The van der Waals surface area contributed by atoms with E-state index in [1.165, 1.54) is 128 Å². The summed E-state index contributed by atoms with van der Waals surface area (Å²) in [5.41, 5.74) is 0. The van der Waals surface area contributed by atoms with Crippen LogP contribution in [-0.4, -0.2) is 31.1 Å². The molecule has 5 heteroatoms. The van der Waals surface area contributed by atoms with Gasteiger partial charge < -0.3 is 0 Å². The van der Waals surface area contributed by atoms with Crippen LogP contribution in [0.4, 0.5) is 0 Å². The van der Waals surface area contributed by atoms with Crippen LogP contribution in [-0.2, 0) is 15.7 Å². The van der Waals surface area contributed by atoms with Crippen molar-refractivity contribution in [1.82, 2.24) is 0 Å². The SMILES string of the molecule is CCCCC/C=C\C/C=C\CCCCCCCC(=O)[O][Sn]([CH2]CCCCCCC)([CH2]CCCCCCC)[O]C(=O)CCCCCCC/C=C/C/C=C/CCCCC. The van der Waals surface area contributed by atoms with Gasteiger partial charge in [-0.25, -0.2) is 0 Å². The smallest absolute Gasteiger partial charge is 0.0882 e. The zero-order valence-electron chi connectivity index (χ0n) is 38.6. The van der Waals surface area contributed by atoms with Gasteiger partial charge in [0, 0.05) is 0 Å². The Labute approximate surface area is 361 Å². The number of hydrogen-bond donors (Lipinski definition) is 0. The Morgan fingerprint density at radius 1 is 0.333 bits per heavy atom. The van der Waals surface area contributed by atoms with Crippen LogP contribution in [0.1, 0.15) is 259 Å². The van der Waals surface area contributed by atoms with E-state index in [1.54, 1.807) is 0 Å². The summed E-state index contributed by atoms with van der Waals surface area (Å²) in [7, 11) is 0. The molecule has 0 unspecified atom stereocenters. The molecule has 0 aliphatic rings. The van der Waals surface area contributed by atoms with Gasteiger partial charge >= 0.3 is 274 Å². The number of carbonyl (C=O) groups is 2. The fraction of sp³-hybridized carbons (Fsp3) is 0.808. The first kappa shape index (κ1) is 55.7. The van der Waals surface area contributed by atoms with Crippen molar-refractivity contribution in [3.63, 3.8) is 0 Å². The van der Waals surface area contributed by atoms with Crippen molar-refractivity contribution in [2.45, 2.75) is 268 Å². The minimum atomic E-state index is -3.97. The Morgan fingerprint density at radius 2 is 0.596 bits per heavy atom. The molecule has 0 bridgehead atoms. The van der Waals surface area contributed by atoms with Crippen LogP contribution >= 0.6 is 0 Å². The van der Waals surface area contributed by atoms with Crippen molar-refractivity contribution < 1.29 is 15.7 Å². The number of unbranched alkanes of at least 4 members (excludes halogenated alkanes) is 26. The van der Waals surface area contributed by atoms with Gasteiger partial charge in [0.2, 0.25) is 0 Å². The summed E-state index contributed by atoms with van der Waals surface area (Å²) in [4.78, 5) is 26.9. The predicted molar refractivity (Wildman–Crippen MR) is 253 cm³/mol. The summed E-state index contributed by atoms with van der Waals surface area (Å²) in [5.74, 6) is -0.198. The van der Waals surface area contributed by atoms with Crippen LogP contribution in [0.2, 0.25) is 8.87 Å². The van der Waals surface area contributed by atoms with Crippen LogP contribution in [0, 0.1) is 0 Å². The maximum atomic E-state index is 13.4. The van der Waals surface area contributed by atoms with Crippen LogP contribution in [0.3, 0.4) is 0 Å². The van der Waals surface area contributed by atoms with Crippen molar-refractivity contribution in [1.29, 1.82) is 0 Å². The second-order valence-corrected chi connectivity index (χ2v) is 26.1. The van der Waals surface area contributed by atoms with E-state index in [-0.39, 0.29) is 11.9 Å². The molecular weight excluding hydrogens is 807 g/mol. The van der Waals surface area contributed by atoms with E-state index in [0.717, 1.165) is 98.8 Å². The van der Waals surface area contributed by atoms with Gasteiger partial charge in [0.25, 0.3) is 0 Å². The summed E-state index contributed by atoms with van der Waals surface area (Å²) in [5, 5.41) is 0. The van der Waals surface area contributed by atoms with Gasteiger partial charge in [-0.3, -0.25) is 0 Å². The van der Waals surface area contributed by atoms with Gasteiger partial charge in [-0.15, -0.1) is 0 Å². The van der Waals surface area contributed by atoms with E-state index in [9.17, 15) is 9.59 Å². The molecule has 0 atom stereocenters. The fourth-order valence-electron chi connectivity index (χ4n) is 7.38. The van der Waals surface area contributed by atoms with Crippen LogP contribution in [0.5, 0.6) is 0 Å². The molecule has 4 nitrogen and oxygen atoms in total. The van der Waals surface area contributed by atoms with E-state index in [2.05, 4.69) is 76.3 Å². The molecule has 0 saturated heterocycles. The minimum Gasteiger partial charge on any atom is -0.0882 e. The third kappa shape index (κ3) is 41.2. The normalized spacial score (nSPS) is 12.3. The number of carbonyl (C=O) groups excluding carboxylic acids is 2. The third-order valence-electron chi connectivity index (χ3n) is 11.1. The third-order valence-corrected chi connectivity index (χ3v) is 20.9. The molecule has 0 heterocycles. The van der Waals surface area contributed by atoms with Crippen LogP contribution in [0.25, 0.3) is 0 Å². The monoisotopic (exact) mass is 905 g/mol.